The van der Waals surface area contributed by atoms with E-state index in [0.717, 1.165) is 37.9 Å². The van der Waals surface area contributed by atoms with Crippen LogP contribution in [0.5, 0.6) is 0 Å². The van der Waals surface area contributed by atoms with E-state index >= 15 is 0 Å². The molecule has 0 bridgehead atoms. The van der Waals surface area contributed by atoms with Crippen LogP contribution >= 0.6 is 0 Å². The topological polar surface area (TPSA) is 32.3 Å². The predicted molar refractivity (Wildman–Crippen MR) is 71.9 cm³/mol. The smallest absolute Gasteiger partial charge is 0.239 e. The molecule has 1 heterocycles. The molecule has 1 amide bonds. The number of nitrogens with zero attached hydrogens (tertiary/aromatic N) is 1. The molecule has 0 spiro atoms. The second-order valence-electron chi connectivity index (χ2n) is 5.54. The molecule has 3 heteroatoms. The molecule has 1 rings (SSSR count). The highest BCUT2D eigenvalue weighted by Crippen LogP contribution is 2.24. The summed E-state index contributed by atoms with van der Waals surface area (Å²) < 4.78 is 0. The molecule has 0 aliphatic carbocycles. The van der Waals surface area contributed by atoms with Crippen LogP contribution in [-0.2, 0) is 4.79 Å². The molecular weight excluding hydrogens is 212 g/mol. The summed E-state index contributed by atoms with van der Waals surface area (Å²) in [6.45, 7) is 11.3. The molecule has 17 heavy (non-hydrogen) atoms. The molecule has 1 saturated heterocycles. The van der Waals surface area contributed by atoms with Gasteiger partial charge in [-0.2, -0.15) is 0 Å². The van der Waals surface area contributed by atoms with Crippen LogP contribution in [0.3, 0.4) is 0 Å². The van der Waals surface area contributed by atoms with Crippen LogP contribution in [0, 0.1) is 11.8 Å². The monoisotopic (exact) mass is 240 g/mol. The van der Waals surface area contributed by atoms with E-state index in [1.165, 1.54) is 12.8 Å². The molecule has 1 aliphatic heterocycles. The number of nitrogens with one attached hydrogen (secondary N) is 1. The lowest BCUT2D eigenvalue weighted by Crippen LogP contribution is -2.50. The van der Waals surface area contributed by atoms with E-state index in [9.17, 15) is 4.79 Å². The van der Waals surface area contributed by atoms with E-state index in [1.54, 1.807) is 0 Å². The summed E-state index contributed by atoms with van der Waals surface area (Å²) in [6, 6.07) is 0.0624. The van der Waals surface area contributed by atoms with Crippen LogP contribution in [0.4, 0.5) is 0 Å². The van der Waals surface area contributed by atoms with Crippen molar-refractivity contribution in [2.75, 3.05) is 19.6 Å². The molecule has 1 fully saturated rings. The highest BCUT2D eigenvalue weighted by molar-refractivity contribution is 5.82. The van der Waals surface area contributed by atoms with Gasteiger partial charge >= 0.3 is 0 Å². The van der Waals surface area contributed by atoms with Gasteiger partial charge in [-0.1, -0.05) is 13.8 Å². The number of piperidine rings is 1. The molecule has 0 radical (unpaired) electrons. The fourth-order valence-electron chi connectivity index (χ4n) is 2.82. The van der Waals surface area contributed by atoms with E-state index in [-0.39, 0.29) is 6.04 Å². The molecule has 2 atom stereocenters. The average molecular weight is 240 g/mol. The number of rotatable bonds is 5. The molecule has 0 aromatic carbocycles. The maximum Gasteiger partial charge on any atom is 0.239 e. The summed E-state index contributed by atoms with van der Waals surface area (Å²) in [4.78, 5) is 14.2. The lowest BCUT2D eigenvalue weighted by molar-refractivity contribution is -0.134. The Morgan fingerprint density at radius 3 is 2.53 bits per heavy atom. The Hall–Kier alpha value is -0.570. The Morgan fingerprint density at radius 1 is 1.35 bits per heavy atom. The SMILES string of the molecule is CCN(CC)C(=O)C1CC(CC(C)C)CCN1. The first-order valence-corrected chi connectivity index (χ1v) is 7.10. The van der Waals surface area contributed by atoms with Gasteiger partial charge in [0, 0.05) is 13.1 Å². The normalized spacial score (nSPS) is 25.0. The minimum atomic E-state index is 0.0624. The van der Waals surface area contributed by atoms with Crippen molar-refractivity contribution in [2.24, 2.45) is 11.8 Å². The molecule has 2 unspecified atom stereocenters. The van der Waals surface area contributed by atoms with Crippen molar-refractivity contribution in [3.8, 4) is 0 Å². The Balaban J connectivity index is 2.50. The van der Waals surface area contributed by atoms with Crippen molar-refractivity contribution in [3.63, 3.8) is 0 Å². The third-order valence-corrected chi connectivity index (χ3v) is 3.69. The van der Waals surface area contributed by atoms with E-state index in [1.807, 2.05) is 4.90 Å². The highest BCUT2D eigenvalue weighted by atomic mass is 16.2. The van der Waals surface area contributed by atoms with Crippen LogP contribution in [0.2, 0.25) is 0 Å². The van der Waals surface area contributed by atoms with Crippen molar-refractivity contribution in [3.05, 3.63) is 0 Å². The lowest BCUT2D eigenvalue weighted by Gasteiger charge is -2.33. The fraction of sp³-hybridized carbons (Fsp3) is 0.929. The van der Waals surface area contributed by atoms with E-state index in [2.05, 4.69) is 33.0 Å². The van der Waals surface area contributed by atoms with Gasteiger partial charge in [-0.05, 0) is 51.5 Å². The van der Waals surface area contributed by atoms with Crippen LogP contribution in [-0.4, -0.2) is 36.5 Å². The van der Waals surface area contributed by atoms with Crippen LogP contribution < -0.4 is 5.32 Å². The van der Waals surface area contributed by atoms with Crippen molar-refractivity contribution in [2.45, 2.75) is 53.0 Å². The Morgan fingerprint density at radius 2 is 2.00 bits per heavy atom. The molecule has 100 valence electrons. The van der Waals surface area contributed by atoms with Gasteiger partial charge in [-0.15, -0.1) is 0 Å². The third-order valence-electron chi connectivity index (χ3n) is 3.69. The van der Waals surface area contributed by atoms with Gasteiger partial charge in [-0.25, -0.2) is 0 Å². The first-order valence-electron chi connectivity index (χ1n) is 7.10. The van der Waals surface area contributed by atoms with Gasteiger partial charge in [0.25, 0.3) is 0 Å². The minimum Gasteiger partial charge on any atom is -0.342 e. The van der Waals surface area contributed by atoms with Crippen molar-refractivity contribution >= 4 is 5.91 Å². The zero-order chi connectivity index (χ0) is 12.8. The van der Waals surface area contributed by atoms with E-state index < -0.39 is 0 Å². The zero-order valence-corrected chi connectivity index (χ0v) is 11.8. The average Bonchev–Trinajstić information content (AvgIpc) is 2.30. The summed E-state index contributed by atoms with van der Waals surface area (Å²) in [5.41, 5.74) is 0. The number of carbonyl (C=O) groups is 1. The molecular formula is C14H28N2O. The lowest BCUT2D eigenvalue weighted by atomic mass is 9.85. The van der Waals surface area contributed by atoms with E-state index in [4.69, 9.17) is 0 Å². The second kappa shape index (κ2) is 7.00. The Bertz CT molecular complexity index is 236. The summed E-state index contributed by atoms with van der Waals surface area (Å²) in [5.74, 6) is 1.76. The Kier molecular flexibility index (Phi) is 5.96. The quantitative estimate of drug-likeness (QED) is 0.799. The number of amides is 1. The Labute approximate surface area is 106 Å². The molecule has 0 aromatic rings. The number of carbonyl (C=O) groups excluding carboxylic acids is 1. The van der Waals surface area contributed by atoms with Crippen LogP contribution in [0.15, 0.2) is 0 Å². The molecule has 0 saturated carbocycles. The van der Waals surface area contributed by atoms with Gasteiger partial charge < -0.3 is 10.2 Å². The largest absolute Gasteiger partial charge is 0.342 e. The molecule has 3 nitrogen and oxygen atoms in total. The van der Waals surface area contributed by atoms with Gasteiger partial charge in [0.15, 0.2) is 0 Å². The number of hydrogen-bond acceptors (Lipinski definition) is 2. The minimum absolute atomic E-state index is 0.0624. The summed E-state index contributed by atoms with van der Waals surface area (Å²) in [6.07, 6.45) is 3.50. The highest BCUT2D eigenvalue weighted by Gasteiger charge is 2.29. The van der Waals surface area contributed by atoms with Crippen LogP contribution in [0.1, 0.15) is 47.0 Å². The molecule has 1 N–H and O–H groups in total. The molecule has 1 aliphatic rings. The first-order chi connectivity index (χ1) is 8.08. The number of likely N-dealkylation sites (N-methyl/N-ethyl adjacent to an activating group) is 1. The summed E-state index contributed by atoms with van der Waals surface area (Å²) >= 11 is 0. The van der Waals surface area contributed by atoms with Crippen molar-refractivity contribution < 1.29 is 4.79 Å². The van der Waals surface area contributed by atoms with Gasteiger partial charge in [-0.3, -0.25) is 4.79 Å². The van der Waals surface area contributed by atoms with E-state index in [0.29, 0.717) is 5.91 Å². The standard InChI is InChI=1S/C14H28N2O/c1-5-16(6-2)14(17)13-10-12(7-8-15-13)9-11(3)4/h11-13,15H,5-10H2,1-4H3. The van der Waals surface area contributed by atoms with Crippen LogP contribution in [0.25, 0.3) is 0 Å². The maximum absolute atomic E-state index is 12.3. The van der Waals surface area contributed by atoms with Crippen molar-refractivity contribution in [1.29, 1.82) is 0 Å². The summed E-state index contributed by atoms with van der Waals surface area (Å²) in [7, 11) is 0. The third kappa shape index (κ3) is 4.30. The fourth-order valence-corrected chi connectivity index (χ4v) is 2.82. The number of hydrogen-bond donors (Lipinski definition) is 1. The zero-order valence-electron chi connectivity index (χ0n) is 11.8. The van der Waals surface area contributed by atoms with Crippen molar-refractivity contribution in [1.82, 2.24) is 10.2 Å². The second-order valence-corrected chi connectivity index (χ2v) is 5.54. The van der Waals surface area contributed by atoms with Gasteiger partial charge in [0.05, 0.1) is 6.04 Å². The predicted octanol–water partition coefficient (Wildman–Crippen LogP) is 2.27. The maximum atomic E-state index is 12.3. The summed E-state index contributed by atoms with van der Waals surface area (Å²) in [5, 5.41) is 3.38. The van der Waals surface area contributed by atoms with Gasteiger partial charge in [0.1, 0.15) is 0 Å². The first kappa shape index (κ1) is 14.5. The van der Waals surface area contributed by atoms with Gasteiger partial charge in [0.2, 0.25) is 5.91 Å². The molecule has 0 aromatic heterocycles.